The summed E-state index contributed by atoms with van der Waals surface area (Å²) in [7, 11) is 5.34. The number of piperazine rings is 1. The Balaban J connectivity index is 1.35. The summed E-state index contributed by atoms with van der Waals surface area (Å²) in [6.45, 7) is 13.5. The Kier molecular flexibility index (Phi) is 12.1. The number of benzene rings is 2. The number of halogens is 1. The van der Waals surface area contributed by atoms with Crippen molar-refractivity contribution in [3.05, 3.63) is 59.1 Å². The second kappa shape index (κ2) is 16.1. The van der Waals surface area contributed by atoms with Gasteiger partial charge in [-0.1, -0.05) is 19.9 Å². The Morgan fingerprint density at radius 1 is 1.04 bits per heavy atom. The maximum Gasteiger partial charge on any atom is 0.229 e. The van der Waals surface area contributed by atoms with Crippen LogP contribution in [0.25, 0.3) is 11.3 Å². The van der Waals surface area contributed by atoms with Gasteiger partial charge in [0.25, 0.3) is 0 Å². The zero-order valence-electron chi connectivity index (χ0n) is 30.1. The fourth-order valence-corrected chi connectivity index (χ4v) is 7.83. The summed E-state index contributed by atoms with van der Waals surface area (Å²) in [5.41, 5.74) is 5.63. The summed E-state index contributed by atoms with van der Waals surface area (Å²) in [4.78, 5) is 21.3. The Morgan fingerprint density at radius 2 is 1.80 bits per heavy atom. The highest BCUT2D eigenvalue weighted by Gasteiger charge is 2.23. The summed E-state index contributed by atoms with van der Waals surface area (Å²) in [5, 5.41) is 7.53. The first-order valence-corrected chi connectivity index (χ1v) is 20.4. The number of aryl methyl sites for hydroxylation is 2. The SMILES string of the molecule is CCc1cc(Nc2ncc(Br)c(Nc3ccc(-c4cn(C)cn4)cc3P(C)(C)=O)n2)c(OC)cc1N(C)CCC(CC)N1CCN(C)CC1. The van der Waals surface area contributed by atoms with Crippen LogP contribution in [0.1, 0.15) is 32.3 Å². The zero-order valence-corrected chi connectivity index (χ0v) is 32.6. The van der Waals surface area contributed by atoms with E-state index in [0.717, 1.165) is 85.7 Å². The Morgan fingerprint density at radius 3 is 2.43 bits per heavy atom. The van der Waals surface area contributed by atoms with E-state index in [1.54, 1.807) is 33.0 Å². The highest BCUT2D eigenvalue weighted by atomic mass is 79.9. The molecule has 4 aromatic rings. The Labute approximate surface area is 300 Å². The van der Waals surface area contributed by atoms with Gasteiger partial charge >= 0.3 is 0 Å². The van der Waals surface area contributed by atoms with E-state index in [0.29, 0.717) is 22.3 Å². The topological polar surface area (TPSA) is 104 Å². The molecular weight excluding hydrogens is 701 g/mol. The van der Waals surface area contributed by atoms with Gasteiger partial charge < -0.3 is 34.3 Å². The molecule has 3 heterocycles. The fraction of sp³-hybridized carbons (Fsp3) is 0.472. The molecule has 0 amide bonds. The number of nitrogens with zero attached hydrogens (tertiary/aromatic N) is 7. The molecule has 2 N–H and O–H groups in total. The molecule has 1 aliphatic rings. The Bertz CT molecular complexity index is 1780. The lowest BCUT2D eigenvalue weighted by Crippen LogP contribution is -2.49. The van der Waals surface area contributed by atoms with Crippen molar-refractivity contribution in [1.29, 1.82) is 0 Å². The number of ether oxygens (including phenoxy) is 1. The minimum absolute atomic E-state index is 0.410. The first-order valence-electron chi connectivity index (χ1n) is 17.0. The zero-order chi connectivity index (χ0) is 35.3. The molecule has 49 heavy (non-hydrogen) atoms. The molecule has 1 fully saturated rings. The minimum atomic E-state index is -2.67. The standard InChI is InChI=1S/C36H51BrN9O2P/c1-9-25-19-30(33(48-6)21-32(25)45(5)14-13-27(10-2)46-17-15-43(3)16-18-46)41-36-38-22-28(37)35(42-36)40-29-12-11-26(20-34(29)49(7,8)47)31-23-44(4)24-39-31/h11-12,19-24,27H,9-10,13-18H2,1-8H3,(H2,38,40,41,42). The van der Waals surface area contributed by atoms with Gasteiger partial charge in [0, 0.05) is 87.9 Å². The molecule has 5 rings (SSSR count). The predicted molar refractivity (Wildman–Crippen MR) is 207 cm³/mol. The number of hydrogen-bond donors (Lipinski definition) is 2. The van der Waals surface area contributed by atoms with Crippen LogP contribution < -0.4 is 25.6 Å². The molecule has 0 bridgehead atoms. The molecule has 2 aromatic carbocycles. The van der Waals surface area contributed by atoms with Crippen molar-refractivity contribution in [2.24, 2.45) is 7.05 Å². The lowest BCUT2D eigenvalue weighted by Gasteiger charge is -2.38. The van der Waals surface area contributed by atoms with Crippen LogP contribution >= 0.6 is 23.1 Å². The third kappa shape index (κ3) is 9.03. The minimum Gasteiger partial charge on any atom is -0.494 e. The van der Waals surface area contributed by atoms with E-state index in [1.807, 2.05) is 36.0 Å². The van der Waals surface area contributed by atoms with E-state index in [9.17, 15) is 4.57 Å². The summed E-state index contributed by atoms with van der Waals surface area (Å²) in [6.07, 6.45) is 8.55. The average molecular weight is 753 g/mol. The molecule has 13 heteroatoms. The van der Waals surface area contributed by atoms with Gasteiger partial charge in [-0.15, -0.1) is 0 Å². The van der Waals surface area contributed by atoms with E-state index in [-0.39, 0.29) is 0 Å². The third-order valence-electron chi connectivity index (χ3n) is 9.34. The normalized spacial score (nSPS) is 14.9. The fourth-order valence-electron chi connectivity index (χ4n) is 6.38. The molecule has 11 nitrogen and oxygen atoms in total. The van der Waals surface area contributed by atoms with Gasteiger partial charge in [0.15, 0.2) is 0 Å². The van der Waals surface area contributed by atoms with Crippen LogP contribution in [-0.2, 0) is 18.0 Å². The van der Waals surface area contributed by atoms with Crippen LogP contribution in [0.2, 0.25) is 0 Å². The van der Waals surface area contributed by atoms with Gasteiger partial charge in [-0.25, -0.2) is 9.97 Å². The molecule has 264 valence electrons. The second-order valence-electron chi connectivity index (χ2n) is 13.3. The van der Waals surface area contributed by atoms with Crippen molar-refractivity contribution >= 4 is 57.2 Å². The maximum absolute atomic E-state index is 13.4. The highest BCUT2D eigenvalue weighted by molar-refractivity contribution is 9.10. The van der Waals surface area contributed by atoms with E-state index >= 15 is 0 Å². The van der Waals surface area contributed by atoms with Gasteiger partial charge in [-0.3, -0.25) is 4.90 Å². The van der Waals surface area contributed by atoms with Crippen molar-refractivity contribution in [2.75, 3.05) is 82.8 Å². The summed E-state index contributed by atoms with van der Waals surface area (Å²) >= 11 is 3.60. The number of rotatable bonds is 14. The molecule has 1 atom stereocenters. The number of likely N-dealkylation sites (N-methyl/N-ethyl adjacent to an activating group) is 1. The second-order valence-corrected chi connectivity index (χ2v) is 17.3. The molecule has 0 spiro atoms. The van der Waals surface area contributed by atoms with E-state index in [1.165, 1.54) is 11.3 Å². The lowest BCUT2D eigenvalue weighted by molar-refractivity contribution is 0.105. The summed E-state index contributed by atoms with van der Waals surface area (Å²) < 4.78 is 21.9. The molecule has 1 aliphatic heterocycles. The number of hydrogen-bond acceptors (Lipinski definition) is 10. The van der Waals surface area contributed by atoms with Crippen molar-refractivity contribution in [3.63, 3.8) is 0 Å². The first-order chi connectivity index (χ1) is 23.4. The number of methoxy groups -OCH3 is 1. The first kappa shape index (κ1) is 36.8. The van der Waals surface area contributed by atoms with Crippen molar-refractivity contribution in [1.82, 2.24) is 29.3 Å². The monoisotopic (exact) mass is 751 g/mol. The van der Waals surface area contributed by atoms with E-state index in [2.05, 4.69) is 91.3 Å². The quantitative estimate of drug-likeness (QED) is 0.134. The average Bonchev–Trinajstić information content (AvgIpc) is 3.52. The van der Waals surface area contributed by atoms with E-state index < -0.39 is 7.14 Å². The number of aromatic nitrogens is 4. The van der Waals surface area contributed by atoms with E-state index in [4.69, 9.17) is 9.72 Å². The highest BCUT2D eigenvalue weighted by Crippen LogP contribution is 2.41. The van der Waals surface area contributed by atoms with Gasteiger partial charge in [0.2, 0.25) is 5.95 Å². The number of anilines is 5. The van der Waals surface area contributed by atoms with Gasteiger partial charge in [0.05, 0.1) is 35.0 Å². The number of nitrogens with one attached hydrogen (secondary N) is 2. The van der Waals surface area contributed by atoms with Crippen molar-refractivity contribution in [2.45, 2.75) is 39.2 Å². The lowest BCUT2D eigenvalue weighted by atomic mass is 10.0. The molecule has 2 aromatic heterocycles. The maximum atomic E-state index is 13.4. The molecule has 1 saturated heterocycles. The molecular formula is C36H51BrN9O2P. The van der Waals surface area contributed by atoms with Gasteiger partial charge in [-0.2, -0.15) is 4.98 Å². The van der Waals surface area contributed by atoms with Crippen LogP contribution in [0.3, 0.4) is 0 Å². The molecule has 0 radical (unpaired) electrons. The van der Waals surface area contributed by atoms with Crippen LogP contribution in [0.5, 0.6) is 5.75 Å². The Hall–Kier alpha value is -3.44. The van der Waals surface area contributed by atoms with Crippen molar-refractivity contribution < 1.29 is 9.30 Å². The molecule has 0 saturated carbocycles. The summed E-state index contributed by atoms with van der Waals surface area (Å²) in [6, 6.07) is 10.7. The number of imidazole rings is 1. The predicted octanol–water partition coefficient (Wildman–Crippen LogP) is 6.80. The molecule has 1 unspecified atom stereocenters. The van der Waals surface area contributed by atoms with Crippen LogP contribution in [0.15, 0.2) is 53.5 Å². The van der Waals surface area contributed by atoms with Crippen LogP contribution in [0, 0.1) is 0 Å². The van der Waals surface area contributed by atoms with Gasteiger partial charge in [-0.05, 0) is 79.3 Å². The largest absolute Gasteiger partial charge is 0.494 e. The third-order valence-corrected chi connectivity index (χ3v) is 11.4. The van der Waals surface area contributed by atoms with Gasteiger partial charge in [0.1, 0.15) is 18.7 Å². The van der Waals surface area contributed by atoms with Crippen LogP contribution in [0.4, 0.5) is 28.8 Å². The smallest absolute Gasteiger partial charge is 0.229 e. The summed E-state index contributed by atoms with van der Waals surface area (Å²) in [5.74, 6) is 1.68. The van der Waals surface area contributed by atoms with Crippen LogP contribution in [-0.4, -0.2) is 103 Å². The van der Waals surface area contributed by atoms with Crippen molar-refractivity contribution in [3.8, 4) is 17.0 Å². The molecule has 0 aliphatic carbocycles.